The number of hydrogen-bond donors (Lipinski definition) is 3. The molecule has 9 nitrogen and oxygen atoms in total. The van der Waals surface area contributed by atoms with Gasteiger partial charge in [-0.05, 0) is 12.8 Å². The summed E-state index contributed by atoms with van der Waals surface area (Å²) >= 11 is 0. The largest absolute Gasteiger partial charge is 0.502 e. The van der Waals surface area contributed by atoms with E-state index in [2.05, 4.69) is 5.32 Å². The summed E-state index contributed by atoms with van der Waals surface area (Å²) in [5.41, 5.74) is -1.40. The minimum atomic E-state index is -0.872. The van der Waals surface area contributed by atoms with Crippen molar-refractivity contribution in [1.82, 2.24) is 19.8 Å². The first-order valence-electron chi connectivity index (χ1n) is 5.91. The number of aromatic hydroxyl groups is 1. The van der Waals surface area contributed by atoms with Gasteiger partial charge in [0.25, 0.3) is 11.5 Å². The molecule has 1 aromatic rings. The van der Waals surface area contributed by atoms with Gasteiger partial charge in [0, 0.05) is 14.1 Å². The van der Waals surface area contributed by atoms with Crippen molar-refractivity contribution in [3.8, 4) is 5.75 Å². The van der Waals surface area contributed by atoms with Crippen molar-refractivity contribution in [2.75, 3.05) is 7.05 Å². The Balaban J connectivity index is 2.24. The second-order valence-electron chi connectivity index (χ2n) is 4.57. The number of likely N-dealkylation sites (N-methyl/N-ethyl adjacent to an activating group) is 1. The Bertz CT molecular complexity index is 655. The van der Waals surface area contributed by atoms with Crippen LogP contribution in [0, 0.1) is 0 Å². The molecule has 1 aliphatic rings. The lowest BCUT2D eigenvalue weighted by Crippen LogP contribution is -2.34. The van der Waals surface area contributed by atoms with Gasteiger partial charge in [-0.15, -0.1) is 0 Å². The van der Waals surface area contributed by atoms with Gasteiger partial charge in [-0.1, -0.05) is 0 Å². The number of amides is 3. The summed E-state index contributed by atoms with van der Waals surface area (Å²) in [5.74, 6) is -0.994. The average molecular weight is 282 g/mol. The average Bonchev–Trinajstić information content (AvgIpc) is 2.62. The van der Waals surface area contributed by atoms with E-state index in [1.807, 2.05) is 4.98 Å². The van der Waals surface area contributed by atoms with Gasteiger partial charge in [-0.2, -0.15) is 0 Å². The molecule has 1 aliphatic heterocycles. The molecule has 20 heavy (non-hydrogen) atoms. The Labute approximate surface area is 112 Å². The molecule has 3 N–H and O–H groups in total. The van der Waals surface area contributed by atoms with Crippen LogP contribution in [0.25, 0.3) is 0 Å². The first-order valence-corrected chi connectivity index (χ1v) is 5.91. The standard InChI is InChI=1S/C11H14N4O5/c1-14-5(7(16)9(18)13-11(14)20)3-4-6-8(17)12-10(19)15(6)2/h6,16H,3-4H2,1-2H3,(H,12,17,19)(H,13,18,20). The molecule has 1 fully saturated rings. The van der Waals surface area contributed by atoms with Crippen LogP contribution in [-0.4, -0.2) is 44.6 Å². The smallest absolute Gasteiger partial charge is 0.328 e. The Morgan fingerprint density at radius 2 is 1.85 bits per heavy atom. The van der Waals surface area contributed by atoms with Crippen molar-refractivity contribution in [3.05, 3.63) is 26.5 Å². The summed E-state index contributed by atoms with van der Waals surface area (Å²) in [6.07, 6.45) is 0.301. The van der Waals surface area contributed by atoms with Crippen LogP contribution in [0.1, 0.15) is 12.1 Å². The van der Waals surface area contributed by atoms with E-state index in [0.29, 0.717) is 0 Å². The van der Waals surface area contributed by atoms with Crippen molar-refractivity contribution >= 4 is 11.9 Å². The number of imide groups is 1. The summed E-state index contributed by atoms with van der Waals surface area (Å²) in [7, 11) is 2.87. The van der Waals surface area contributed by atoms with Crippen LogP contribution in [0.3, 0.4) is 0 Å². The number of hydrogen-bond acceptors (Lipinski definition) is 5. The number of nitrogens with zero attached hydrogens (tertiary/aromatic N) is 2. The molecular formula is C11H14N4O5. The quantitative estimate of drug-likeness (QED) is 0.568. The number of carbonyl (C=O) groups is 2. The second kappa shape index (κ2) is 4.83. The highest BCUT2D eigenvalue weighted by Crippen LogP contribution is 2.16. The van der Waals surface area contributed by atoms with Gasteiger partial charge >= 0.3 is 11.7 Å². The van der Waals surface area contributed by atoms with Gasteiger partial charge in [0.05, 0.1) is 5.69 Å². The topological polar surface area (TPSA) is 124 Å². The molecule has 1 aromatic heterocycles. The fourth-order valence-corrected chi connectivity index (χ4v) is 2.13. The summed E-state index contributed by atoms with van der Waals surface area (Å²) in [6.45, 7) is 0. The molecule has 0 radical (unpaired) electrons. The SMILES string of the molecule is CN1C(=O)NC(=O)C1CCc1c(O)c(=O)[nH]c(=O)n1C. The van der Waals surface area contributed by atoms with Gasteiger partial charge in [-0.25, -0.2) is 9.59 Å². The van der Waals surface area contributed by atoms with Gasteiger partial charge in [-0.3, -0.25) is 24.5 Å². The molecule has 1 atom stereocenters. The lowest BCUT2D eigenvalue weighted by Gasteiger charge is -2.17. The summed E-state index contributed by atoms with van der Waals surface area (Å²) in [4.78, 5) is 48.8. The summed E-state index contributed by atoms with van der Waals surface area (Å²) in [6, 6.07) is -1.18. The maximum Gasteiger partial charge on any atom is 0.328 e. The third kappa shape index (κ3) is 2.17. The van der Waals surface area contributed by atoms with Crippen molar-refractivity contribution in [2.24, 2.45) is 7.05 Å². The van der Waals surface area contributed by atoms with Crippen LogP contribution in [0.5, 0.6) is 5.75 Å². The molecule has 0 spiro atoms. The fourth-order valence-electron chi connectivity index (χ4n) is 2.13. The number of aromatic nitrogens is 2. The third-order valence-electron chi connectivity index (χ3n) is 3.39. The number of H-pyrrole nitrogens is 1. The minimum Gasteiger partial charge on any atom is -0.502 e. The fraction of sp³-hybridized carbons (Fsp3) is 0.455. The molecule has 0 aliphatic carbocycles. The Morgan fingerprint density at radius 3 is 2.40 bits per heavy atom. The number of carbonyl (C=O) groups excluding carboxylic acids is 2. The molecule has 2 heterocycles. The Hall–Kier alpha value is -2.58. The lowest BCUT2D eigenvalue weighted by molar-refractivity contribution is -0.121. The van der Waals surface area contributed by atoms with E-state index in [1.165, 1.54) is 19.0 Å². The second-order valence-corrected chi connectivity index (χ2v) is 4.57. The molecule has 9 heteroatoms. The molecule has 108 valence electrons. The zero-order valence-electron chi connectivity index (χ0n) is 11.0. The zero-order chi connectivity index (χ0) is 15.0. The van der Waals surface area contributed by atoms with Crippen LogP contribution in [0.15, 0.2) is 9.59 Å². The monoisotopic (exact) mass is 282 g/mol. The molecule has 1 saturated heterocycles. The summed E-state index contributed by atoms with van der Waals surface area (Å²) in [5, 5.41) is 11.8. The van der Waals surface area contributed by atoms with E-state index in [-0.39, 0.29) is 18.5 Å². The zero-order valence-corrected chi connectivity index (χ0v) is 11.0. The van der Waals surface area contributed by atoms with Crippen LogP contribution in [0.4, 0.5) is 4.79 Å². The van der Waals surface area contributed by atoms with E-state index < -0.39 is 35.0 Å². The minimum absolute atomic E-state index is 0.108. The van der Waals surface area contributed by atoms with Crippen LogP contribution in [0.2, 0.25) is 0 Å². The molecule has 0 aromatic carbocycles. The van der Waals surface area contributed by atoms with E-state index in [0.717, 1.165) is 4.57 Å². The highest BCUT2D eigenvalue weighted by molar-refractivity contribution is 6.03. The maximum atomic E-state index is 11.5. The number of aromatic amines is 1. The molecule has 3 amide bonds. The van der Waals surface area contributed by atoms with E-state index in [9.17, 15) is 24.3 Å². The van der Waals surface area contributed by atoms with Crippen LogP contribution < -0.4 is 16.6 Å². The van der Waals surface area contributed by atoms with E-state index in [1.54, 1.807) is 0 Å². The van der Waals surface area contributed by atoms with Crippen molar-refractivity contribution in [3.63, 3.8) is 0 Å². The van der Waals surface area contributed by atoms with Crippen LogP contribution >= 0.6 is 0 Å². The molecular weight excluding hydrogens is 268 g/mol. The first-order chi connectivity index (χ1) is 9.32. The van der Waals surface area contributed by atoms with Crippen molar-refractivity contribution in [2.45, 2.75) is 18.9 Å². The predicted octanol–water partition coefficient (Wildman–Crippen LogP) is -1.74. The summed E-state index contributed by atoms with van der Waals surface area (Å²) < 4.78 is 1.10. The normalized spacial score (nSPS) is 18.5. The first kappa shape index (κ1) is 13.8. The third-order valence-corrected chi connectivity index (χ3v) is 3.39. The lowest BCUT2D eigenvalue weighted by atomic mass is 10.1. The van der Waals surface area contributed by atoms with E-state index >= 15 is 0 Å². The van der Waals surface area contributed by atoms with Crippen LogP contribution in [-0.2, 0) is 18.3 Å². The van der Waals surface area contributed by atoms with Gasteiger partial charge < -0.3 is 10.0 Å². The molecule has 1 unspecified atom stereocenters. The highest BCUT2D eigenvalue weighted by Gasteiger charge is 2.35. The number of urea groups is 1. The Kier molecular flexibility index (Phi) is 3.35. The van der Waals surface area contributed by atoms with Gasteiger partial charge in [0.15, 0.2) is 0 Å². The molecule has 0 bridgehead atoms. The number of nitrogens with one attached hydrogen (secondary N) is 2. The van der Waals surface area contributed by atoms with Crippen molar-refractivity contribution < 1.29 is 14.7 Å². The number of rotatable bonds is 3. The van der Waals surface area contributed by atoms with Crippen molar-refractivity contribution in [1.29, 1.82) is 0 Å². The molecule has 2 rings (SSSR count). The maximum absolute atomic E-state index is 11.5. The van der Waals surface area contributed by atoms with Gasteiger partial charge in [0.1, 0.15) is 6.04 Å². The van der Waals surface area contributed by atoms with E-state index in [4.69, 9.17) is 0 Å². The molecule has 0 saturated carbocycles. The van der Waals surface area contributed by atoms with Gasteiger partial charge in [0.2, 0.25) is 5.75 Å². The highest BCUT2D eigenvalue weighted by atomic mass is 16.3. The predicted molar refractivity (Wildman–Crippen MR) is 67.4 cm³/mol. The Morgan fingerprint density at radius 1 is 1.20 bits per heavy atom.